The van der Waals surface area contributed by atoms with Gasteiger partial charge in [0, 0.05) is 30.2 Å². The fourth-order valence-electron chi connectivity index (χ4n) is 6.34. The number of hydrogen-bond acceptors (Lipinski definition) is 11. The second-order valence-electron chi connectivity index (χ2n) is 13.5. The van der Waals surface area contributed by atoms with Gasteiger partial charge in [-0.3, -0.25) is 4.79 Å². The third kappa shape index (κ3) is 5.77. The van der Waals surface area contributed by atoms with Gasteiger partial charge >= 0.3 is 5.97 Å². The van der Waals surface area contributed by atoms with Crippen molar-refractivity contribution < 1.29 is 28.5 Å². The number of nitrogens with two attached hydrogens (primary N) is 2. The number of dihydropyridines is 2. The van der Waals surface area contributed by atoms with Gasteiger partial charge in [-0.15, -0.1) is 0 Å². The number of nitrogens with one attached hydrogen (secondary N) is 2. The van der Waals surface area contributed by atoms with Crippen molar-refractivity contribution in [3.8, 4) is 11.5 Å². The molecule has 1 saturated heterocycles. The fourth-order valence-corrected chi connectivity index (χ4v) is 6.34. The van der Waals surface area contributed by atoms with Gasteiger partial charge in [0.1, 0.15) is 39.9 Å². The quantitative estimate of drug-likeness (QED) is 0.227. The van der Waals surface area contributed by atoms with Crippen LogP contribution in [0.4, 0.5) is 0 Å². The van der Waals surface area contributed by atoms with E-state index in [1.807, 2.05) is 26.0 Å². The predicted octanol–water partition coefficient (Wildman–Crippen LogP) is 3.42. The van der Waals surface area contributed by atoms with E-state index in [1.54, 1.807) is 19.9 Å². The van der Waals surface area contributed by atoms with Crippen LogP contribution in [0.5, 0.6) is 11.5 Å². The van der Waals surface area contributed by atoms with Crippen LogP contribution in [0.1, 0.15) is 58.8 Å². The third-order valence-electron chi connectivity index (χ3n) is 9.16. The molecule has 0 bridgehead atoms. The van der Waals surface area contributed by atoms with Crippen LogP contribution in [0.25, 0.3) is 11.0 Å². The maximum absolute atomic E-state index is 13.5. The molecule has 0 aliphatic carbocycles. The number of phenols is 1. The Hall–Kier alpha value is -4.38. The van der Waals surface area contributed by atoms with Crippen LogP contribution in [-0.4, -0.2) is 46.6 Å². The molecule has 2 aromatic rings. The molecule has 1 aromatic carbocycles. The minimum atomic E-state index is -1.11. The number of allylic oxidation sites excluding steroid dienone is 2. The normalized spacial score (nSPS) is 28.4. The van der Waals surface area contributed by atoms with Crippen molar-refractivity contribution in [3.63, 3.8) is 0 Å². The zero-order valence-electron chi connectivity index (χ0n) is 26.5. The Morgan fingerprint density at radius 2 is 1.87 bits per heavy atom. The molecule has 1 aromatic heterocycles. The number of ether oxygens (including phenoxy) is 3. The summed E-state index contributed by atoms with van der Waals surface area (Å²) in [5.74, 6) is 1.64. The van der Waals surface area contributed by atoms with Gasteiger partial charge in [0.25, 0.3) is 0 Å². The molecule has 0 spiro atoms. The van der Waals surface area contributed by atoms with Crippen molar-refractivity contribution in [1.82, 2.24) is 10.6 Å². The number of fused-ring (bicyclic) bond motifs is 2. The standard InChI is InChI=1S/C34H42N4O7/c1-16(2)21-12-19(13-29(36)37-21)22-10-18(11-28(35)38-22)7-8-26-34(6,45-26)32(41)43-27-14-20-24(44-33(27,4)5)15-25-30(31(20)40)23(39)9-17(3)42-25/h9-13,15-16,21-22,26-27,37-38,40H,7-8,14,35-36H2,1-6H3/t21?,22?,26-,27-,34+/m1/s1. The monoisotopic (exact) mass is 618 g/mol. The lowest BCUT2D eigenvalue weighted by atomic mass is 9.89. The molecule has 240 valence electrons. The van der Waals surface area contributed by atoms with E-state index < -0.39 is 23.3 Å². The molecule has 5 atom stereocenters. The van der Waals surface area contributed by atoms with Crippen molar-refractivity contribution >= 4 is 16.9 Å². The molecule has 6 rings (SSSR count). The van der Waals surface area contributed by atoms with E-state index in [1.165, 1.54) is 6.07 Å². The third-order valence-corrected chi connectivity index (χ3v) is 9.16. The number of rotatable bonds is 7. The van der Waals surface area contributed by atoms with Crippen molar-refractivity contribution in [3.05, 3.63) is 80.8 Å². The van der Waals surface area contributed by atoms with Gasteiger partial charge < -0.3 is 45.8 Å². The van der Waals surface area contributed by atoms with Crippen molar-refractivity contribution in [2.75, 3.05) is 0 Å². The van der Waals surface area contributed by atoms with E-state index >= 15 is 0 Å². The topological polar surface area (TPSA) is 175 Å². The first-order valence-electron chi connectivity index (χ1n) is 15.4. The molecule has 11 heteroatoms. The molecule has 7 N–H and O–H groups in total. The summed E-state index contributed by atoms with van der Waals surface area (Å²) in [6.07, 6.45) is 8.47. The van der Waals surface area contributed by atoms with Gasteiger partial charge in [-0.05, 0) is 69.8 Å². The zero-order chi connectivity index (χ0) is 32.4. The van der Waals surface area contributed by atoms with Crippen molar-refractivity contribution in [1.29, 1.82) is 0 Å². The molecule has 4 aliphatic heterocycles. The van der Waals surface area contributed by atoms with Gasteiger partial charge in [0.15, 0.2) is 11.0 Å². The number of aryl methyl sites for hydroxylation is 1. The highest BCUT2D eigenvalue weighted by Crippen LogP contribution is 2.45. The summed E-state index contributed by atoms with van der Waals surface area (Å²) in [5.41, 5.74) is 12.7. The molecular weight excluding hydrogens is 576 g/mol. The SMILES string of the molecule is Cc1cc(=O)c2c(O)c3c(cc2o1)OC(C)(C)[C@H](OC(=O)[C@@]1(C)O[C@@H]1CCC1=CC(C2=CC(C(C)C)NC(N)=C2)NC(N)=C1)C3. The number of esters is 1. The summed E-state index contributed by atoms with van der Waals surface area (Å²) in [5, 5.41) is 17.7. The summed E-state index contributed by atoms with van der Waals surface area (Å²) in [6.45, 7) is 11.3. The lowest BCUT2D eigenvalue weighted by Gasteiger charge is -2.39. The number of carbonyl (C=O) groups is 1. The van der Waals surface area contributed by atoms with E-state index in [0.717, 1.165) is 11.1 Å². The van der Waals surface area contributed by atoms with Crippen LogP contribution in [0, 0.1) is 12.8 Å². The maximum Gasteiger partial charge on any atom is 0.341 e. The van der Waals surface area contributed by atoms with Crippen molar-refractivity contribution in [2.45, 2.75) is 96.3 Å². The van der Waals surface area contributed by atoms with Crippen LogP contribution in [0.15, 0.2) is 68.4 Å². The minimum absolute atomic E-state index is 0.0742. The van der Waals surface area contributed by atoms with Crippen LogP contribution in [0.3, 0.4) is 0 Å². The number of aromatic hydroxyl groups is 1. The summed E-state index contributed by atoms with van der Waals surface area (Å²) < 4.78 is 23.8. The lowest BCUT2D eigenvalue weighted by molar-refractivity contribution is -0.166. The summed E-state index contributed by atoms with van der Waals surface area (Å²) in [4.78, 5) is 26.1. The van der Waals surface area contributed by atoms with E-state index in [4.69, 9.17) is 30.1 Å². The molecular formula is C34H42N4O7. The van der Waals surface area contributed by atoms with Crippen LogP contribution >= 0.6 is 0 Å². The number of epoxide rings is 1. The van der Waals surface area contributed by atoms with Gasteiger partial charge in [0.05, 0.1) is 23.8 Å². The molecule has 2 unspecified atom stereocenters. The molecule has 4 aliphatic rings. The average molecular weight is 619 g/mol. The van der Waals surface area contributed by atoms with E-state index in [9.17, 15) is 14.7 Å². The Morgan fingerprint density at radius 3 is 2.60 bits per heavy atom. The molecule has 5 heterocycles. The first-order valence-corrected chi connectivity index (χ1v) is 15.4. The predicted molar refractivity (Wildman–Crippen MR) is 169 cm³/mol. The van der Waals surface area contributed by atoms with Gasteiger partial charge in [-0.2, -0.15) is 0 Å². The first-order chi connectivity index (χ1) is 21.1. The lowest BCUT2D eigenvalue weighted by Crippen LogP contribution is -2.50. The Morgan fingerprint density at radius 1 is 1.13 bits per heavy atom. The van der Waals surface area contributed by atoms with Crippen LogP contribution in [-0.2, 0) is 20.7 Å². The number of hydrogen-bond donors (Lipinski definition) is 5. The van der Waals surface area contributed by atoms with Gasteiger partial charge in [0.2, 0.25) is 0 Å². The molecule has 0 radical (unpaired) electrons. The van der Waals surface area contributed by atoms with E-state index in [-0.39, 0.29) is 46.8 Å². The number of phenolic OH excluding ortho intramolecular Hbond substituents is 1. The molecule has 11 nitrogen and oxygen atoms in total. The fraction of sp³-hybridized carbons (Fsp3) is 0.471. The second kappa shape index (κ2) is 10.9. The first kappa shape index (κ1) is 30.6. The Labute approximate surface area is 261 Å². The number of carbonyl (C=O) groups excluding carboxylic acids is 1. The Bertz CT molecular complexity index is 1750. The summed E-state index contributed by atoms with van der Waals surface area (Å²) >= 11 is 0. The maximum atomic E-state index is 13.5. The van der Waals surface area contributed by atoms with Crippen molar-refractivity contribution in [2.24, 2.45) is 17.4 Å². The highest BCUT2D eigenvalue weighted by molar-refractivity contribution is 5.87. The molecule has 45 heavy (non-hydrogen) atoms. The van der Waals surface area contributed by atoms with Gasteiger partial charge in [-0.1, -0.05) is 26.0 Å². The number of benzene rings is 1. The van der Waals surface area contributed by atoms with Gasteiger partial charge in [-0.25, -0.2) is 4.79 Å². The second-order valence-corrected chi connectivity index (χ2v) is 13.5. The van der Waals surface area contributed by atoms with E-state index in [0.29, 0.717) is 47.5 Å². The zero-order valence-corrected chi connectivity index (χ0v) is 26.5. The average Bonchev–Trinajstić information content (AvgIpc) is 3.62. The minimum Gasteiger partial charge on any atom is -0.507 e. The molecule has 0 saturated carbocycles. The summed E-state index contributed by atoms with van der Waals surface area (Å²) in [7, 11) is 0. The Balaban J connectivity index is 1.12. The van der Waals surface area contributed by atoms with E-state index in [2.05, 4.69) is 36.6 Å². The Kier molecular flexibility index (Phi) is 7.42. The highest BCUT2D eigenvalue weighted by atomic mass is 16.7. The smallest absolute Gasteiger partial charge is 0.341 e. The van der Waals surface area contributed by atoms with Crippen LogP contribution < -0.4 is 32.3 Å². The summed E-state index contributed by atoms with van der Waals surface area (Å²) in [6, 6.07) is 2.94. The van der Waals surface area contributed by atoms with Crippen LogP contribution in [0.2, 0.25) is 0 Å². The molecule has 1 fully saturated rings. The highest BCUT2D eigenvalue weighted by Gasteiger charge is 2.60. The largest absolute Gasteiger partial charge is 0.507 e. The molecule has 0 amide bonds.